The third kappa shape index (κ3) is 7.19. The molecule has 0 unspecified atom stereocenters. The summed E-state index contributed by atoms with van der Waals surface area (Å²) in [7, 11) is 1.11. The minimum Gasteiger partial charge on any atom is -0.483 e. The average Bonchev–Trinajstić information content (AvgIpc) is 3.16. The number of rotatable bonds is 7. The monoisotopic (exact) mass is 572 g/mol. The summed E-state index contributed by atoms with van der Waals surface area (Å²) in [5.41, 5.74) is 1.29. The molecule has 0 N–H and O–H groups in total. The molecule has 0 saturated heterocycles. The van der Waals surface area contributed by atoms with E-state index in [9.17, 15) is 31.1 Å². The largest absolute Gasteiger partial charge is 0.573 e. The lowest BCUT2D eigenvalue weighted by Gasteiger charge is -2.40. The van der Waals surface area contributed by atoms with Crippen molar-refractivity contribution in [3.05, 3.63) is 53.3 Å². The van der Waals surface area contributed by atoms with E-state index >= 15 is 0 Å². The molecule has 0 radical (unpaired) electrons. The van der Waals surface area contributed by atoms with Gasteiger partial charge in [-0.3, -0.25) is 0 Å². The Hall–Kier alpha value is -3.44. The predicted molar refractivity (Wildman–Crippen MR) is 134 cm³/mol. The number of aromatic nitrogens is 2. The van der Waals surface area contributed by atoms with Crippen LogP contribution in [0.5, 0.6) is 11.5 Å². The molecular formula is C28H30F6N2O4. The summed E-state index contributed by atoms with van der Waals surface area (Å²) >= 11 is 0. The van der Waals surface area contributed by atoms with Crippen molar-refractivity contribution >= 4 is 17.0 Å². The van der Waals surface area contributed by atoms with Crippen LogP contribution in [0.4, 0.5) is 26.3 Å². The molecule has 0 spiro atoms. The molecule has 1 aromatic heterocycles. The molecule has 3 aromatic rings. The number of methoxy groups -OCH3 is 1. The Labute approximate surface area is 227 Å². The van der Waals surface area contributed by atoms with Crippen molar-refractivity contribution in [3.63, 3.8) is 0 Å². The zero-order valence-corrected chi connectivity index (χ0v) is 22.4. The Bertz CT molecular complexity index is 1360. The van der Waals surface area contributed by atoms with Gasteiger partial charge in [-0.1, -0.05) is 32.9 Å². The highest BCUT2D eigenvalue weighted by molar-refractivity contribution is 5.97. The molecular weight excluding hydrogens is 542 g/mol. The maximum atomic E-state index is 13.0. The fourth-order valence-corrected chi connectivity index (χ4v) is 5.74. The van der Waals surface area contributed by atoms with Crippen molar-refractivity contribution in [2.24, 2.45) is 11.3 Å². The number of halogens is 6. The quantitative estimate of drug-likeness (QED) is 0.215. The normalized spacial score (nSPS) is 19.4. The van der Waals surface area contributed by atoms with Gasteiger partial charge in [0.1, 0.15) is 22.9 Å². The lowest BCUT2D eigenvalue weighted by Crippen LogP contribution is -2.30. The first-order chi connectivity index (χ1) is 18.5. The van der Waals surface area contributed by atoms with Crippen LogP contribution >= 0.6 is 0 Å². The maximum absolute atomic E-state index is 13.0. The van der Waals surface area contributed by atoms with Crippen molar-refractivity contribution in [1.29, 1.82) is 0 Å². The summed E-state index contributed by atoms with van der Waals surface area (Å²) in [6.07, 6.45) is -6.66. The van der Waals surface area contributed by atoms with Crippen molar-refractivity contribution in [2.45, 2.75) is 65.0 Å². The summed E-state index contributed by atoms with van der Waals surface area (Å²) < 4.78 is 92.5. The van der Waals surface area contributed by atoms with E-state index in [2.05, 4.69) is 25.5 Å². The number of carbonyl (C=O) groups is 1. The summed E-state index contributed by atoms with van der Waals surface area (Å²) in [6.45, 7) is 4.85. The van der Waals surface area contributed by atoms with E-state index in [-0.39, 0.29) is 34.9 Å². The molecule has 1 fully saturated rings. The molecule has 0 bridgehead atoms. The molecule has 6 nitrogen and oxygen atoms in total. The number of ether oxygens (including phenoxy) is 3. The third-order valence-corrected chi connectivity index (χ3v) is 6.91. The number of fused-ring (bicyclic) bond motifs is 1. The molecule has 1 heterocycles. The Morgan fingerprint density at radius 3 is 2.33 bits per heavy atom. The smallest absolute Gasteiger partial charge is 0.483 e. The average molecular weight is 573 g/mol. The molecule has 40 heavy (non-hydrogen) atoms. The van der Waals surface area contributed by atoms with Crippen LogP contribution in [-0.4, -0.2) is 41.8 Å². The molecule has 1 aliphatic rings. The van der Waals surface area contributed by atoms with E-state index in [0.29, 0.717) is 28.3 Å². The highest BCUT2D eigenvalue weighted by atomic mass is 19.4. The van der Waals surface area contributed by atoms with Gasteiger partial charge in [-0.05, 0) is 54.4 Å². The number of benzene rings is 2. The molecule has 1 saturated carbocycles. The second-order valence-corrected chi connectivity index (χ2v) is 11.1. The van der Waals surface area contributed by atoms with Crippen molar-refractivity contribution in [1.82, 2.24) is 9.55 Å². The van der Waals surface area contributed by atoms with E-state index in [1.807, 2.05) is 4.57 Å². The lowest BCUT2D eigenvalue weighted by atomic mass is 9.70. The van der Waals surface area contributed by atoms with Crippen LogP contribution in [0.2, 0.25) is 0 Å². The lowest BCUT2D eigenvalue weighted by molar-refractivity contribution is -0.274. The first-order valence-electron chi connectivity index (χ1n) is 12.7. The molecule has 0 amide bonds. The SMILES string of the molecule is COC(=O)c1cc2nc(Cc3ccc(OC(F)(F)F)cc3)n([C@H]3C[C@@H](C)CC(C)(C)C3)c2cc1OCC(F)(F)F. The van der Waals surface area contributed by atoms with Crippen LogP contribution in [0.3, 0.4) is 0 Å². The van der Waals surface area contributed by atoms with Crippen molar-refractivity contribution < 1.29 is 45.3 Å². The first-order valence-corrected chi connectivity index (χ1v) is 12.7. The van der Waals surface area contributed by atoms with Gasteiger partial charge in [0.05, 0.1) is 18.1 Å². The van der Waals surface area contributed by atoms with E-state index in [4.69, 9.17) is 14.5 Å². The standard InChI is InChI=1S/C28H30F6N2O4/c1-16-9-18(14-26(2,3)13-16)36-22-12-23(39-15-27(29,30)31)20(25(37)38-4)11-21(22)35-24(36)10-17-5-7-19(8-6-17)40-28(32,33)34/h5-8,11-12,16,18H,9-10,13-15H2,1-4H3/t16-,18+/m1/s1. The van der Waals surface area contributed by atoms with Crippen LogP contribution < -0.4 is 9.47 Å². The second kappa shape index (κ2) is 10.9. The van der Waals surface area contributed by atoms with Gasteiger partial charge in [0.2, 0.25) is 0 Å². The Morgan fingerprint density at radius 2 is 1.75 bits per heavy atom. The van der Waals surface area contributed by atoms with Gasteiger partial charge in [-0.2, -0.15) is 13.2 Å². The third-order valence-electron chi connectivity index (χ3n) is 6.91. The summed E-state index contributed by atoms with van der Waals surface area (Å²) in [5, 5.41) is 0. The molecule has 2 aromatic carbocycles. The van der Waals surface area contributed by atoms with E-state index in [1.165, 1.54) is 36.4 Å². The van der Waals surface area contributed by atoms with Crippen LogP contribution in [-0.2, 0) is 11.2 Å². The molecule has 1 aliphatic carbocycles. The summed E-state index contributed by atoms with van der Waals surface area (Å²) in [5.74, 6) is -0.600. The Balaban J connectivity index is 1.82. The minimum atomic E-state index is -4.82. The molecule has 2 atom stereocenters. The van der Waals surface area contributed by atoms with Gasteiger partial charge < -0.3 is 18.8 Å². The minimum absolute atomic E-state index is 0.0195. The van der Waals surface area contributed by atoms with Crippen LogP contribution in [0, 0.1) is 11.3 Å². The second-order valence-electron chi connectivity index (χ2n) is 11.1. The number of hydrogen-bond donors (Lipinski definition) is 0. The number of esters is 1. The predicted octanol–water partition coefficient (Wildman–Crippen LogP) is 7.64. The zero-order valence-electron chi connectivity index (χ0n) is 22.4. The van der Waals surface area contributed by atoms with E-state index in [1.54, 1.807) is 0 Å². The van der Waals surface area contributed by atoms with Gasteiger partial charge in [-0.25, -0.2) is 9.78 Å². The summed E-state index contributed by atoms with van der Waals surface area (Å²) in [4.78, 5) is 17.2. The Morgan fingerprint density at radius 1 is 1.07 bits per heavy atom. The topological polar surface area (TPSA) is 62.6 Å². The molecule has 4 rings (SSSR count). The number of alkyl halides is 6. The number of nitrogens with zero attached hydrogens (tertiary/aromatic N) is 2. The first kappa shape index (κ1) is 29.5. The fraction of sp³-hybridized carbons (Fsp3) is 0.500. The highest BCUT2D eigenvalue weighted by Gasteiger charge is 2.36. The summed E-state index contributed by atoms with van der Waals surface area (Å²) in [6, 6.07) is 8.08. The van der Waals surface area contributed by atoms with Gasteiger partial charge in [0.25, 0.3) is 0 Å². The molecule has 12 heteroatoms. The van der Waals surface area contributed by atoms with Crippen molar-refractivity contribution in [2.75, 3.05) is 13.7 Å². The van der Waals surface area contributed by atoms with Gasteiger partial charge in [0.15, 0.2) is 6.61 Å². The van der Waals surface area contributed by atoms with Gasteiger partial charge in [0, 0.05) is 18.5 Å². The van der Waals surface area contributed by atoms with E-state index in [0.717, 1.165) is 26.4 Å². The van der Waals surface area contributed by atoms with Crippen LogP contribution in [0.15, 0.2) is 36.4 Å². The maximum Gasteiger partial charge on any atom is 0.573 e. The molecule has 0 aliphatic heterocycles. The van der Waals surface area contributed by atoms with E-state index < -0.39 is 25.1 Å². The van der Waals surface area contributed by atoms with Crippen molar-refractivity contribution in [3.8, 4) is 11.5 Å². The number of hydrogen-bond acceptors (Lipinski definition) is 5. The van der Waals surface area contributed by atoms with Gasteiger partial charge >= 0.3 is 18.5 Å². The van der Waals surface area contributed by atoms with Crippen LogP contribution in [0.25, 0.3) is 11.0 Å². The number of imidazole rings is 1. The fourth-order valence-electron chi connectivity index (χ4n) is 5.74. The van der Waals surface area contributed by atoms with Crippen LogP contribution in [0.1, 0.15) is 67.8 Å². The van der Waals surface area contributed by atoms with Gasteiger partial charge in [-0.15, -0.1) is 13.2 Å². The highest BCUT2D eigenvalue weighted by Crippen LogP contribution is 2.46. The number of carbonyl (C=O) groups excluding carboxylic acids is 1. The zero-order chi connectivity index (χ0) is 29.5. The Kier molecular flexibility index (Phi) is 8.01. The molecule has 218 valence electrons.